The first-order chi connectivity index (χ1) is 11.5. The van der Waals surface area contributed by atoms with E-state index in [0.29, 0.717) is 34.9 Å². The van der Waals surface area contributed by atoms with E-state index in [0.717, 1.165) is 5.52 Å². The Balaban J connectivity index is 2.19. The molecular weight excluding hydrogens is 307 g/mol. The van der Waals surface area contributed by atoms with Gasteiger partial charge in [0.15, 0.2) is 0 Å². The maximum absolute atomic E-state index is 14.2. The molecule has 0 aliphatic carbocycles. The quantitative estimate of drug-likeness (QED) is 0.767. The van der Waals surface area contributed by atoms with Gasteiger partial charge in [-0.25, -0.2) is 9.37 Å². The van der Waals surface area contributed by atoms with Gasteiger partial charge in [-0.3, -0.25) is 4.79 Å². The zero-order chi connectivity index (χ0) is 17.3. The van der Waals surface area contributed by atoms with Crippen LogP contribution in [0.5, 0.6) is 0 Å². The highest BCUT2D eigenvalue weighted by atomic mass is 19.1. The Morgan fingerprint density at radius 2 is 2.00 bits per heavy atom. The molecule has 0 amide bonds. The molecule has 3 rings (SSSR count). The highest BCUT2D eigenvalue weighted by Crippen LogP contribution is 2.28. The Hall–Kier alpha value is -2.69. The summed E-state index contributed by atoms with van der Waals surface area (Å²) in [5, 5.41) is 8.96. The number of fused-ring (bicyclic) bond motifs is 1. The second-order valence-corrected chi connectivity index (χ2v) is 6.31. The smallest absolute Gasteiger partial charge is 0.307 e. The number of benzene rings is 2. The van der Waals surface area contributed by atoms with Gasteiger partial charge in [0, 0.05) is 6.54 Å². The van der Waals surface area contributed by atoms with E-state index in [1.807, 2.05) is 10.6 Å². The molecule has 0 radical (unpaired) electrons. The van der Waals surface area contributed by atoms with Crippen molar-refractivity contribution in [2.45, 2.75) is 26.8 Å². The Morgan fingerprint density at radius 3 is 2.67 bits per heavy atom. The number of nitrogens with zero attached hydrogens (tertiary/aromatic N) is 2. The zero-order valence-electron chi connectivity index (χ0n) is 13.7. The molecular formula is C19H19FN2O2. The molecule has 0 atom stereocenters. The fraction of sp³-hybridized carbons (Fsp3) is 0.263. The molecule has 5 heteroatoms. The Morgan fingerprint density at radius 1 is 1.25 bits per heavy atom. The number of carboxylic acid groups (broad SMARTS) is 1. The van der Waals surface area contributed by atoms with Crippen molar-refractivity contribution in [3.63, 3.8) is 0 Å². The highest BCUT2D eigenvalue weighted by Gasteiger charge is 2.17. The summed E-state index contributed by atoms with van der Waals surface area (Å²) in [6.45, 7) is 4.89. The van der Waals surface area contributed by atoms with Gasteiger partial charge in [-0.1, -0.05) is 32.0 Å². The van der Waals surface area contributed by atoms with Crippen LogP contribution in [0.4, 0.5) is 4.39 Å². The predicted molar refractivity (Wildman–Crippen MR) is 91.3 cm³/mol. The molecule has 24 heavy (non-hydrogen) atoms. The minimum Gasteiger partial charge on any atom is -0.481 e. The average Bonchev–Trinajstić information content (AvgIpc) is 2.84. The minimum atomic E-state index is -0.884. The van der Waals surface area contributed by atoms with Crippen molar-refractivity contribution in [3.8, 4) is 11.4 Å². The van der Waals surface area contributed by atoms with E-state index >= 15 is 0 Å². The van der Waals surface area contributed by atoms with Gasteiger partial charge < -0.3 is 9.67 Å². The molecule has 0 aliphatic heterocycles. The van der Waals surface area contributed by atoms with Crippen molar-refractivity contribution in [1.82, 2.24) is 9.55 Å². The summed E-state index contributed by atoms with van der Waals surface area (Å²) in [5.74, 6) is -0.259. The van der Waals surface area contributed by atoms with Crippen molar-refractivity contribution >= 4 is 17.0 Å². The van der Waals surface area contributed by atoms with Crippen LogP contribution < -0.4 is 0 Å². The number of rotatable bonds is 5. The topological polar surface area (TPSA) is 55.1 Å². The Kier molecular flexibility index (Phi) is 4.34. The van der Waals surface area contributed by atoms with Crippen molar-refractivity contribution < 1.29 is 14.3 Å². The van der Waals surface area contributed by atoms with Crippen LogP contribution in [0.1, 0.15) is 19.4 Å². The molecule has 0 unspecified atom stereocenters. The lowest BCUT2D eigenvalue weighted by Crippen LogP contribution is -2.07. The number of carbonyl (C=O) groups is 1. The number of imidazole rings is 1. The molecule has 0 saturated carbocycles. The standard InChI is InChI=1S/C19H19FN2O2/c1-12(2)11-22-17-8-7-13(10-18(23)24)9-16(17)21-19(22)14-5-3-4-6-15(14)20/h3-9,12H,10-11H2,1-2H3,(H,23,24). The maximum Gasteiger partial charge on any atom is 0.307 e. The molecule has 124 valence electrons. The summed E-state index contributed by atoms with van der Waals surface area (Å²) in [7, 11) is 0. The fourth-order valence-electron chi connectivity index (χ4n) is 2.86. The van der Waals surface area contributed by atoms with E-state index in [9.17, 15) is 9.18 Å². The monoisotopic (exact) mass is 326 g/mol. The van der Waals surface area contributed by atoms with Crippen LogP contribution in [0.3, 0.4) is 0 Å². The van der Waals surface area contributed by atoms with Crippen molar-refractivity contribution in [2.24, 2.45) is 5.92 Å². The van der Waals surface area contributed by atoms with E-state index in [1.165, 1.54) is 6.07 Å². The third-order valence-electron chi connectivity index (χ3n) is 3.83. The lowest BCUT2D eigenvalue weighted by Gasteiger charge is -2.12. The molecule has 2 aromatic carbocycles. The van der Waals surface area contributed by atoms with Gasteiger partial charge in [-0.2, -0.15) is 0 Å². The van der Waals surface area contributed by atoms with Crippen LogP contribution >= 0.6 is 0 Å². The molecule has 1 N–H and O–H groups in total. The normalized spacial score (nSPS) is 11.3. The minimum absolute atomic E-state index is 0.0536. The number of hydrogen-bond donors (Lipinski definition) is 1. The van der Waals surface area contributed by atoms with Gasteiger partial charge in [0.25, 0.3) is 0 Å². The number of carboxylic acids is 1. The second-order valence-electron chi connectivity index (χ2n) is 6.31. The second kappa shape index (κ2) is 6.43. The SMILES string of the molecule is CC(C)Cn1c(-c2ccccc2F)nc2cc(CC(=O)O)ccc21. The number of aliphatic carboxylic acids is 1. The Labute approximate surface area is 139 Å². The fourth-order valence-corrected chi connectivity index (χ4v) is 2.86. The van der Waals surface area contributed by atoms with Crippen LogP contribution in [-0.4, -0.2) is 20.6 Å². The molecule has 1 heterocycles. The number of hydrogen-bond acceptors (Lipinski definition) is 2. The highest BCUT2D eigenvalue weighted by molar-refractivity contribution is 5.82. The van der Waals surface area contributed by atoms with E-state index in [-0.39, 0.29) is 12.2 Å². The molecule has 0 spiro atoms. The largest absolute Gasteiger partial charge is 0.481 e. The predicted octanol–water partition coefficient (Wildman–Crippen LogP) is 4.13. The van der Waals surface area contributed by atoms with Crippen LogP contribution in [0.25, 0.3) is 22.4 Å². The average molecular weight is 326 g/mol. The van der Waals surface area contributed by atoms with Gasteiger partial charge in [-0.05, 0) is 35.7 Å². The maximum atomic E-state index is 14.2. The van der Waals surface area contributed by atoms with Gasteiger partial charge in [-0.15, -0.1) is 0 Å². The summed E-state index contributed by atoms with van der Waals surface area (Å²) < 4.78 is 16.2. The lowest BCUT2D eigenvalue weighted by atomic mass is 10.1. The van der Waals surface area contributed by atoms with Gasteiger partial charge >= 0.3 is 5.97 Å². The van der Waals surface area contributed by atoms with E-state index < -0.39 is 5.97 Å². The first-order valence-electron chi connectivity index (χ1n) is 7.91. The van der Waals surface area contributed by atoms with Crippen LogP contribution in [0.2, 0.25) is 0 Å². The van der Waals surface area contributed by atoms with E-state index in [1.54, 1.807) is 30.3 Å². The molecule has 0 aliphatic rings. The third-order valence-corrected chi connectivity index (χ3v) is 3.83. The molecule has 0 bridgehead atoms. The molecule has 0 fully saturated rings. The van der Waals surface area contributed by atoms with Crippen LogP contribution in [0, 0.1) is 11.7 Å². The van der Waals surface area contributed by atoms with Crippen LogP contribution in [-0.2, 0) is 17.8 Å². The number of halogens is 1. The molecule has 0 saturated heterocycles. The molecule has 1 aromatic heterocycles. The van der Waals surface area contributed by atoms with Crippen LogP contribution in [0.15, 0.2) is 42.5 Å². The molecule has 3 aromatic rings. The summed E-state index contributed by atoms with van der Waals surface area (Å²) in [6, 6.07) is 12.0. The van der Waals surface area contributed by atoms with Gasteiger partial charge in [0.2, 0.25) is 0 Å². The zero-order valence-corrected chi connectivity index (χ0v) is 13.7. The van der Waals surface area contributed by atoms with E-state index in [4.69, 9.17) is 5.11 Å². The Bertz CT molecular complexity index is 900. The summed E-state index contributed by atoms with van der Waals surface area (Å²) in [5.41, 5.74) is 2.71. The summed E-state index contributed by atoms with van der Waals surface area (Å²) in [4.78, 5) is 15.5. The lowest BCUT2D eigenvalue weighted by molar-refractivity contribution is -0.136. The molecule has 4 nitrogen and oxygen atoms in total. The summed E-state index contributed by atoms with van der Waals surface area (Å²) >= 11 is 0. The van der Waals surface area contributed by atoms with Crippen molar-refractivity contribution in [3.05, 3.63) is 53.8 Å². The van der Waals surface area contributed by atoms with Crippen molar-refractivity contribution in [1.29, 1.82) is 0 Å². The van der Waals surface area contributed by atoms with Gasteiger partial charge in [0.1, 0.15) is 11.6 Å². The summed E-state index contributed by atoms with van der Waals surface area (Å²) in [6.07, 6.45) is -0.0536. The third kappa shape index (κ3) is 3.15. The first kappa shape index (κ1) is 16.2. The number of aromatic nitrogens is 2. The van der Waals surface area contributed by atoms with Gasteiger partial charge in [0.05, 0.1) is 23.0 Å². The van der Waals surface area contributed by atoms with E-state index in [2.05, 4.69) is 18.8 Å². The van der Waals surface area contributed by atoms with Crippen molar-refractivity contribution in [2.75, 3.05) is 0 Å². The first-order valence-corrected chi connectivity index (χ1v) is 7.91.